The zero-order valence-electron chi connectivity index (χ0n) is 9.02. The Morgan fingerprint density at radius 2 is 2.47 bits per heavy atom. The Hall–Kier alpha value is -0.870. The van der Waals surface area contributed by atoms with Crippen molar-refractivity contribution in [2.24, 2.45) is 0 Å². The van der Waals surface area contributed by atoms with Crippen molar-refractivity contribution in [3.05, 3.63) is 18.2 Å². The molecule has 0 aliphatic carbocycles. The fourth-order valence-corrected chi connectivity index (χ4v) is 2.60. The molecule has 3 rings (SSSR count). The van der Waals surface area contributed by atoms with Crippen molar-refractivity contribution in [2.75, 3.05) is 19.6 Å². The number of imidazole rings is 1. The molecule has 0 bridgehead atoms. The van der Waals surface area contributed by atoms with E-state index in [9.17, 15) is 0 Å². The molecule has 4 nitrogen and oxygen atoms in total. The van der Waals surface area contributed by atoms with Crippen LogP contribution < -0.4 is 5.32 Å². The van der Waals surface area contributed by atoms with Crippen molar-refractivity contribution in [3.63, 3.8) is 0 Å². The van der Waals surface area contributed by atoms with E-state index in [1.165, 1.54) is 38.3 Å². The summed E-state index contributed by atoms with van der Waals surface area (Å²) in [5.41, 5.74) is 0. The molecule has 1 unspecified atom stereocenters. The van der Waals surface area contributed by atoms with Gasteiger partial charge in [0, 0.05) is 38.1 Å². The van der Waals surface area contributed by atoms with Gasteiger partial charge in [-0.3, -0.25) is 4.90 Å². The summed E-state index contributed by atoms with van der Waals surface area (Å²) in [6.07, 6.45) is 6.67. The maximum Gasteiger partial charge on any atom is 0.122 e. The van der Waals surface area contributed by atoms with E-state index >= 15 is 0 Å². The van der Waals surface area contributed by atoms with E-state index in [1.807, 2.05) is 6.20 Å². The van der Waals surface area contributed by atoms with Crippen molar-refractivity contribution in [1.82, 2.24) is 19.8 Å². The van der Waals surface area contributed by atoms with Gasteiger partial charge in [-0.1, -0.05) is 0 Å². The third-order valence-corrected chi connectivity index (χ3v) is 3.46. The van der Waals surface area contributed by atoms with Crippen molar-refractivity contribution < 1.29 is 0 Å². The van der Waals surface area contributed by atoms with Gasteiger partial charge in [0.05, 0.1) is 6.54 Å². The Morgan fingerprint density at radius 3 is 3.33 bits per heavy atom. The van der Waals surface area contributed by atoms with Crippen molar-refractivity contribution >= 4 is 0 Å². The van der Waals surface area contributed by atoms with E-state index in [2.05, 4.69) is 26.0 Å². The molecule has 3 heterocycles. The molecule has 0 radical (unpaired) electrons. The molecule has 15 heavy (non-hydrogen) atoms. The van der Waals surface area contributed by atoms with Crippen LogP contribution in [0, 0.1) is 0 Å². The molecule has 0 saturated carbocycles. The molecular formula is C11H18N4. The SMILES string of the molecule is c1cn2c(n1)CN(CC1CCCN1)CC2. The van der Waals surface area contributed by atoms with Crippen LogP contribution in [0.25, 0.3) is 0 Å². The van der Waals surface area contributed by atoms with Gasteiger partial charge >= 0.3 is 0 Å². The lowest BCUT2D eigenvalue weighted by Gasteiger charge is -2.29. The maximum absolute atomic E-state index is 4.38. The normalized spacial score (nSPS) is 26.8. The molecule has 2 aliphatic heterocycles. The van der Waals surface area contributed by atoms with Gasteiger partial charge in [0.15, 0.2) is 0 Å². The minimum Gasteiger partial charge on any atom is -0.333 e. The monoisotopic (exact) mass is 206 g/mol. The molecule has 0 spiro atoms. The number of hydrogen-bond acceptors (Lipinski definition) is 3. The first-order valence-electron chi connectivity index (χ1n) is 5.87. The van der Waals surface area contributed by atoms with Gasteiger partial charge in [0.2, 0.25) is 0 Å². The standard InChI is InChI=1S/C11H18N4/c1-2-10(12-3-1)8-14-6-7-15-5-4-13-11(15)9-14/h4-5,10,12H,1-3,6-9H2. The molecule has 1 N–H and O–H groups in total. The predicted molar refractivity (Wildman–Crippen MR) is 58.5 cm³/mol. The van der Waals surface area contributed by atoms with Crippen molar-refractivity contribution in [2.45, 2.75) is 32.0 Å². The number of nitrogens with one attached hydrogen (secondary N) is 1. The smallest absolute Gasteiger partial charge is 0.122 e. The summed E-state index contributed by atoms with van der Waals surface area (Å²) >= 11 is 0. The summed E-state index contributed by atoms with van der Waals surface area (Å²) in [5, 5.41) is 3.55. The van der Waals surface area contributed by atoms with E-state index in [-0.39, 0.29) is 0 Å². The molecule has 1 atom stereocenters. The summed E-state index contributed by atoms with van der Waals surface area (Å²) in [7, 11) is 0. The molecule has 1 fully saturated rings. The number of hydrogen-bond donors (Lipinski definition) is 1. The predicted octanol–water partition coefficient (Wildman–Crippen LogP) is 0.451. The first-order chi connectivity index (χ1) is 7.42. The Balaban J connectivity index is 1.61. The lowest BCUT2D eigenvalue weighted by Crippen LogP contribution is -2.41. The fourth-order valence-electron chi connectivity index (χ4n) is 2.60. The minimum atomic E-state index is 0.714. The van der Waals surface area contributed by atoms with Gasteiger partial charge < -0.3 is 9.88 Å². The summed E-state index contributed by atoms with van der Waals surface area (Å²) in [6.45, 7) is 5.68. The lowest BCUT2D eigenvalue weighted by molar-refractivity contribution is 0.199. The number of aromatic nitrogens is 2. The zero-order chi connectivity index (χ0) is 10.1. The van der Waals surface area contributed by atoms with Crippen molar-refractivity contribution in [1.29, 1.82) is 0 Å². The first-order valence-corrected chi connectivity index (χ1v) is 5.87. The van der Waals surface area contributed by atoms with Gasteiger partial charge in [-0.2, -0.15) is 0 Å². The van der Waals surface area contributed by atoms with Crippen LogP contribution in [-0.2, 0) is 13.1 Å². The average Bonchev–Trinajstić information content (AvgIpc) is 2.87. The third kappa shape index (κ3) is 1.92. The van der Waals surface area contributed by atoms with Crippen LogP contribution in [0.4, 0.5) is 0 Å². The highest BCUT2D eigenvalue weighted by molar-refractivity contribution is 4.96. The average molecular weight is 206 g/mol. The van der Waals surface area contributed by atoms with Gasteiger partial charge in [0.1, 0.15) is 5.82 Å². The zero-order valence-corrected chi connectivity index (χ0v) is 9.02. The third-order valence-electron chi connectivity index (χ3n) is 3.46. The summed E-state index contributed by atoms with van der Waals surface area (Å²) in [4.78, 5) is 6.90. The molecule has 4 heteroatoms. The largest absolute Gasteiger partial charge is 0.333 e. The molecule has 0 amide bonds. The second-order valence-corrected chi connectivity index (χ2v) is 4.57. The van der Waals surface area contributed by atoms with Crippen LogP contribution in [0.5, 0.6) is 0 Å². The molecule has 1 saturated heterocycles. The Labute approximate surface area is 90.3 Å². The summed E-state index contributed by atoms with van der Waals surface area (Å²) < 4.78 is 2.26. The number of fused-ring (bicyclic) bond motifs is 1. The Bertz CT molecular complexity index is 327. The second-order valence-electron chi connectivity index (χ2n) is 4.57. The first kappa shape index (κ1) is 9.36. The van der Waals surface area contributed by atoms with E-state index in [0.29, 0.717) is 6.04 Å². The molecule has 1 aromatic rings. The summed E-state index contributed by atoms with van der Waals surface area (Å²) in [6, 6.07) is 0.714. The minimum absolute atomic E-state index is 0.714. The molecule has 82 valence electrons. The second kappa shape index (κ2) is 3.94. The quantitative estimate of drug-likeness (QED) is 0.762. The molecule has 1 aromatic heterocycles. The van der Waals surface area contributed by atoms with E-state index in [0.717, 1.165) is 13.1 Å². The van der Waals surface area contributed by atoms with Crippen LogP contribution in [0.1, 0.15) is 18.7 Å². The van der Waals surface area contributed by atoms with E-state index < -0.39 is 0 Å². The molecular weight excluding hydrogens is 188 g/mol. The fraction of sp³-hybridized carbons (Fsp3) is 0.727. The maximum atomic E-state index is 4.38. The number of nitrogens with zero attached hydrogens (tertiary/aromatic N) is 3. The van der Waals surface area contributed by atoms with Crippen molar-refractivity contribution in [3.8, 4) is 0 Å². The van der Waals surface area contributed by atoms with Gasteiger partial charge in [-0.05, 0) is 19.4 Å². The van der Waals surface area contributed by atoms with E-state index in [1.54, 1.807) is 0 Å². The van der Waals surface area contributed by atoms with Crippen LogP contribution in [0.2, 0.25) is 0 Å². The topological polar surface area (TPSA) is 33.1 Å². The molecule has 0 aromatic carbocycles. The van der Waals surface area contributed by atoms with Gasteiger partial charge in [-0.15, -0.1) is 0 Å². The summed E-state index contributed by atoms with van der Waals surface area (Å²) in [5.74, 6) is 1.22. The van der Waals surface area contributed by atoms with Crippen LogP contribution in [-0.4, -0.2) is 40.1 Å². The number of rotatable bonds is 2. The van der Waals surface area contributed by atoms with Crippen LogP contribution in [0.15, 0.2) is 12.4 Å². The molecule has 2 aliphatic rings. The Morgan fingerprint density at radius 1 is 1.47 bits per heavy atom. The van der Waals surface area contributed by atoms with Crippen LogP contribution in [0.3, 0.4) is 0 Å². The van der Waals surface area contributed by atoms with E-state index in [4.69, 9.17) is 0 Å². The lowest BCUT2D eigenvalue weighted by atomic mass is 10.2. The Kier molecular flexibility index (Phi) is 2.46. The van der Waals surface area contributed by atoms with Crippen LogP contribution >= 0.6 is 0 Å². The van der Waals surface area contributed by atoms with Gasteiger partial charge in [0.25, 0.3) is 0 Å². The highest BCUT2D eigenvalue weighted by atomic mass is 15.2. The highest BCUT2D eigenvalue weighted by Crippen LogP contribution is 2.13. The van der Waals surface area contributed by atoms with Gasteiger partial charge in [-0.25, -0.2) is 4.98 Å². The highest BCUT2D eigenvalue weighted by Gasteiger charge is 2.21.